The lowest BCUT2D eigenvalue weighted by atomic mass is 10.2. The third-order valence-electron chi connectivity index (χ3n) is 3.37. The number of para-hydroxylation sites is 1. The quantitative estimate of drug-likeness (QED) is 0.779. The fourth-order valence-electron chi connectivity index (χ4n) is 2.35. The molecule has 0 atom stereocenters. The predicted molar refractivity (Wildman–Crippen MR) is 84.5 cm³/mol. The zero-order chi connectivity index (χ0) is 14.3. The van der Waals surface area contributed by atoms with Crippen molar-refractivity contribution in [3.8, 4) is 11.4 Å². The molecule has 3 rings (SSSR count). The van der Waals surface area contributed by atoms with Gasteiger partial charge in [0.05, 0.1) is 18.3 Å². The first-order chi connectivity index (χ1) is 9.63. The number of aromatic nitrogens is 2. The topological polar surface area (TPSA) is 53.1 Å². The minimum atomic E-state index is 0.450. The second kappa shape index (κ2) is 4.83. The van der Waals surface area contributed by atoms with E-state index in [1.807, 2.05) is 47.9 Å². The second-order valence-electron chi connectivity index (χ2n) is 4.52. The highest BCUT2D eigenvalue weighted by Crippen LogP contribution is 2.32. The molecule has 2 aromatic carbocycles. The van der Waals surface area contributed by atoms with Crippen LogP contribution < -0.4 is 10.5 Å². The molecule has 0 aliphatic rings. The van der Waals surface area contributed by atoms with E-state index in [2.05, 4.69) is 20.9 Å². The molecule has 0 amide bonds. The van der Waals surface area contributed by atoms with Crippen molar-refractivity contribution in [3.63, 3.8) is 0 Å². The van der Waals surface area contributed by atoms with Gasteiger partial charge in [-0.05, 0) is 36.8 Å². The molecule has 1 aromatic heterocycles. The van der Waals surface area contributed by atoms with Crippen molar-refractivity contribution in [2.75, 3.05) is 12.8 Å². The van der Waals surface area contributed by atoms with Gasteiger partial charge >= 0.3 is 0 Å². The second-order valence-corrected chi connectivity index (χ2v) is 5.37. The van der Waals surface area contributed by atoms with Gasteiger partial charge in [0, 0.05) is 4.47 Å². The molecule has 1 heterocycles. The number of imidazole rings is 1. The molecular weight excluding hydrogens is 318 g/mol. The number of rotatable bonds is 2. The Morgan fingerprint density at radius 3 is 2.70 bits per heavy atom. The van der Waals surface area contributed by atoms with Crippen LogP contribution in [0, 0.1) is 6.92 Å². The van der Waals surface area contributed by atoms with E-state index < -0.39 is 0 Å². The maximum atomic E-state index is 6.11. The van der Waals surface area contributed by atoms with Gasteiger partial charge in [0.25, 0.3) is 0 Å². The molecule has 0 radical (unpaired) electrons. The number of hydrogen-bond donors (Lipinski definition) is 1. The molecule has 5 heteroatoms. The Labute approximate surface area is 125 Å². The van der Waals surface area contributed by atoms with Crippen molar-refractivity contribution < 1.29 is 4.74 Å². The summed E-state index contributed by atoms with van der Waals surface area (Å²) in [4.78, 5) is 4.43. The third kappa shape index (κ3) is 1.86. The zero-order valence-electron chi connectivity index (χ0n) is 11.2. The number of nitrogens with zero attached hydrogens (tertiary/aromatic N) is 2. The Morgan fingerprint density at radius 2 is 1.95 bits per heavy atom. The van der Waals surface area contributed by atoms with Gasteiger partial charge in [-0.25, -0.2) is 4.98 Å². The zero-order valence-corrected chi connectivity index (χ0v) is 12.8. The van der Waals surface area contributed by atoms with Crippen LogP contribution in [0.15, 0.2) is 40.9 Å². The number of hydrogen-bond acceptors (Lipinski definition) is 3. The van der Waals surface area contributed by atoms with Gasteiger partial charge in [-0.3, -0.25) is 4.57 Å². The molecule has 102 valence electrons. The van der Waals surface area contributed by atoms with E-state index in [-0.39, 0.29) is 0 Å². The molecule has 0 aliphatic heterocycles. The first-order valence-electron chi connectivity index (χ1n) is 6.20. The highest BCUT2D eigenvalue weighted by Gasteiger charge is 2.15. The van der Waals surface area contributed by atoms with Gasteiger partial charge < -0.3 is 10.5 Å². The Hall–Kier alpha value is -2.01. The summed E-state index contributed by atoms with van der Waals surface area (Å²) in [6, 6.07) is 11.8. The lowest BCUT2D eigenvalue weighted by molar-refractivity contribution is 0.419. The maximum Gasteiger partial charge on any atom is 0.206 e. The maximum absolute atomic E-state index is 6.11. The number of fused-ring (bicyclic) bond motifs is 1. The number of methoxy groups -OCH3 is 1. The summed E-state index contributed by atoms with van der Waals surface area (Å²) < 4.78 is 8.33. The molecule has 2 N–H and O–H groups in total. The lowest BCUT2D eigenvalue weighted by Crippen LogP contribution is -2.02. The summed E-state index contributed by atoms with van der Waals surface area (Å²) in [6.45, 7) is 2.05. The average molecular weight is 332 g/mol. The van der Waals surface area contributed by atoms with Crippen LogP contribution in [0.5, 0.6) is 5.75 Å². The molecule has 20 heavy (non-hydrogen) atoms. The number of anilines is 1. The highest BCUT2D eigenvalue weighted by atomic mass is 79.9. The minimum absolute atomic E-state index is 0.450. The molecule has 0 bridgehead atoms. The molecule has 4 nitrogen and oxygen atoms in total. The van der Waals surface area contributed by atoms with Gasteiger partial charge in [0.15, 0.2) is 0 Å². The van der Waals surface area contributed by atoms with Crippen molar-refractivity contribution in [2.45, 2.75) is 6.92 Å². The summed E-state index contributed by atoms with van der Waals surface area (Å²) in [5.41, 5.74) is 9.93. The van der Waals surface area contributed by atoms with Gasteiger partial charge in [0.1, 0.15) is 11.3 Å². The number of halogens is 1. The fraction of sp³-hybridized carbons (Fsp3) is 0.133. The van der Waals surface area contributed by atoms with Crippen molar-refractivity contribution in [3.05, 3.63) is 46.4 Å². The van der Waals surface area contributed by atoms with E-state index >= 15 is 0 Å². The van der Waals surface area contributed by atoms with E-state index in [1.165, 1.54) is 0 Å². The largest absolute Gasteiger partial charge is 0.494 e. The van der Waals surface area contributed by atoms with Crippen LogP contribution in [0.4, 0.5) is 5.95 Å². The lowest BCUT2D eigenvalue weighted by Gasteiger charge is -2.11. The summed E-state index contributed by atoms with van der Waals surface area (Å²) in [5, 5.41) is 0. The van der Waals surface area contributed by atoms with E-state index in [4.69, 9.17) is 10.5 Å². The Balaban J connectivity index is 2.37. The number of nitrogen functional groups attached to an aromatic ring is 1. The molecule has 0 unspecified atom stereocenters. The van der Waals surface area contributed by atoms with Gasteiger partial charge in [-0.2, -0.15) is 0 Å². The summed E-state index contributed by atoms with van der Waals surface area (Å²) in [6.07, 6.45) is 0. The summed E-state index contributed by atoms with van der Waals surface area (Å²) >= 11 is 3.55. The predicted octanol–water partition coefficient (Wildman–Crippen LogP) is 3.69. The SMILES string of the molecule is COc1cccc2c1nc(N)n2-c1cccc(Br)c1C. The number of benzene rings is 2. The number of ether oxygens (including phenoxy) is 1. The standard InChI is InChI=1S/C15H14BrN3O/c1-9-10(16)5-3-6-11(9)19-12-7-4-8-13(20-2)14(12)18-15(19)17/h3-8H,1-2H3,(H2,17,18). The monoisotopic (exact) mass is 331 g/mol. The van der Waals surface area contributed by atoms with Crippen LogP contribution in [0.2, 0.25) is 0 Å². The first kappa shape index (κ1) is 13.0. The summed E-state index contributed by atoms with van der Waals surface area (Å²) in [5.74, 6) is 1.17. The van der Waals surface area contributed by atoms with Crippen LogP contribution >= 0.6 is 15.9 Å². The molecule has 0 fully saturated rings. The Morgan fingerprint density at radius 1 is 1.20 bits per heavy atom. The van der Waals surface area contributed by atoms with Crippen LogP contribution in [-0.4, -0.2) is 16.7 Å². The molecule has 0 saturated heterocycles. The smallest absolute Gasteiger partial charge is 0.206 e. The van der Waals surface area contributed by atoms with E-state index in [0.717, 1.165) is 32.5 Å². The normalized spacial score (nSPS) is 10.9. The van der Waals surface area contributed by atoms with Gasteiger partial charge in [-0.15, -0.1) is 0 Å². The van der Waals surface area contributed by atoms with Crippen LogP contribution in [0.1, 0.15) is 5.56 Å². The van der Waals surface area contributed by atoms with Crippen molar-refractivity contribution in [2.24, 2.45) is 0 Å². The molecule has 0 saturated carbocycles. The van der Waals surface area contributed by atoms with E-state index in [1.54, 1.807) is 7.11 Å². The van der Waals surface area contributed by atoms with E-state index in [9.17, 15) is 0 Å². The van der Waals surface area contributed by atoms with Crippen LogP contribution in [-0.2, 0) is 0 Å². The molecule has 0 spiro atoms. The number of nitrogens with two attached hydrogens (primary N) is 1. The van der Waals surface area contributed by atoms with Gasteiger partial charge in [-0.1, -0.05) is 28.1 Å². The Bertz CT molecular complexity index is 795. The van der Waals surface area contributed by atoms with Crippen LogP contribution in [0.25, 0.3) is 16.7 Å². The van der Waals surface area contributed by atoms with Gasteiger partial charge in [0.2, 0.25) is 5.95 Å². The summed E-state index contributed by atoms with van der Waals surface area (Å²) in [7, 11) is 1.63. The van der Waals surface area contributed by atoms with Crippen molar-refractivity contribution in [1.82, 2.24) is 9.55 Å². The fourth-order valence-corrected chi connectivity index (χ4v) is 2.70. The van der Waals surface area contributed by atoms with E-state index in [0.29, 0.717) is 5.95 Å². The molecule has 3 aromatic rings. The molecular formula is C15H14BrN3O. The molecule has 0 aliphatic carbocycles. The average Bonchev–Trinajstić information content (AvgIpc) is 2.78. The highest BCUT2D eigenvalue weighted by molar-refractivity contribution is 9.10. The van der Waals surface area contributed by atoms with Crippen molar-refractivity contribution >= 4 is 32.9 Å². The third-order valence-corrected chi connectivity index (χ3v) is 4.23. The van der Waals surface area contributed by atoms with Crippen molar-refractivity contribution in [1.29, 1.82) is 0 Å². The Kier molecular flexibility index (Phi) is 3.14. The first-order valence-corrected chi connectivity index (χ1v) is 6.99. The van der Waals surface area contributed by atoms with Crippen LogP contribution in [0.3, 0.4) is 0 Å². The minimum Gasteiger partial charge on any atom is -0.494 e.